The SMILES string of the molecule is O=C(COc1ccc(Cl)c(Cl)c1)N[C@@H]1C[C@]1(Cc1ccc2c(c1)OCCO2)CN1CCCC1. The van der Waals surface area contributed by atoms with Crippen LogP contribution in [-0.2, 0) is 11.2 Å². The number of hydrogen-bond donors (Lipinski definition) is 1. The Morgan fingerprint density at radius 2 is 1.85 bits per heavy atom. The number of amides is 1. The van der Waals surface area contributed by atoms with Crippen molar-refractivity contribution in [1.29, 1.82) is 0 Å². The Bertz CT molecular complexity index is 1030. The maximum Gasteiger partial charge on any atom is 0.258 e. The lowest BCUT2D eigenvalue weighted by atomic mass is 9.94. The molecular formula is C25H28Cl2N2O4. The minimum Gasteiger partial charge on any atom is -0.486 e. The molecule has 176 valence electrons. The van der Waals surface area contributed by atoms with E-state index in [0.717, 1.165) is 44.0 Å². The van der Waals surface area contributed by atoms with Crippen LogP contribution in [0.4, 0.5) is 0 Å². The molecule has 2 atom stereocenters. The van der Waals surface area contributed by atoms with Crippen molar-refractivity contribution in [3.63, 3.8) is 0 Å². The normalized spacial score (nSPS) is 23.9. The second-order valence-electron chi connectivity index (χ2n) is 9.19. The maximum absolute atomic E-state index is 12.6. The van der Waals surface area contributed by atoms with E-state index in [2.05, 4.69) is 22.3 Å². The standard InChI is InChI=1S/C25H28Cl2N2O4/c26-19-5-4-18(12-20(19)27)33-15-24(30)28-23-14-25(23,16-29-7-1-2-8-29)13-17-3-6-21-22(11-17)32-10-9-31-21/h3-6,11-12,23H,1-2,7-10,13-16H2,(H,28,30)/t23-,25-/m1/s1. The molecule has 2 aromatic rings. The van der Waals surface area contributed by atoms with E-state index in [9.17, 15) is 4.79 Å². The number of carbonyl (C=O) groups is 1. The molecule has 2 fully saturated rings. The topological polar surface area (TPSA) is 60.0 Å². The molecule has 5 rings (SSSR count). The molecule has 1 saturated carbocycles. The first-order valence-electron chi connectivity index (χ1n) is 11.5. The average Bonchev–Trinajstić information content (AvgIpc) is 3.19. The van der Waals surface area contributed by atoms with E-state index in [1.54, 1.807) is 18.2 Å². The van der Waals surface area contributed by atoms with Crippen LogP contribution in [0.2, 0.25) is 10.0 Å². The molecule has 33 heavy (non-hydrogen) atoms. The zero-order chi connectivity index (χ0) is 22.8. The van der Waals surface area contributed by atoms with Crippen LogP contribution in [0.25, 0.3) is 0 Å². The highest BCUT2D eigenvalue weighted by molar-refractivity contribution is 6.42. The molecular weight excluding hydrogens is 463 g/mol. The van der Waals surface area contributed by atoms with Crippen LogP contribution in [0.15, 0.2) is 36.4 Å². The third kappa shape index (κ3) is 5.34. The number of likely N-dealkylation sites (tertiary alicyclic amines) is 1. The van der Waals surface area contributed by atoms with E-state index in [1.807, 2.05) is 6.07 Å². The zero-order valence-electron chi connectivity index (χ0n) is 18.4. The van der Waals surface area contributed by atoms with E-state index in [-0.39, 0.29) is 24.0 Å². The average molecular weight is 491 g/mol. The molecule has 1 aliphatic carbocycles. The summed E-state index contributed by atoms with van der Waals surface area (Å²) in [5.74, 6) is 2.01. The van der Waals surface area contributed by atoms with Crippen molar-refractivity contribution in [2.75, 3.05) is 39.5 Å². The summed E-state index contributed by atoms with van der Waals surface area (Å²) < 4.78 is 17.1. The Labute approximate surface area is 204 Å². The van der Waals surface area contributed by atoms with Crippen LogP contribution in [0.1, 0.15) is 24.8 Å². The van der Waals surface area contributed by atoms with Crippen molar-refractivity contribution >= 4 is 29.1 Å². The number of ether oxygens (including phenoxy) is 3. The molecule has 2 aromatic carbocycles. The highest BCUT2D eigenvalue weighted by Crippen LogP contribution is 2.50. The number of benzene rings is 2. The van der Waals surface area contributed by atoms with Crippen molar-refractivity contribution < 1.29 is 19.0 Å². The van der Waals surface area contributed by atoms with Crippen LogP contribution in [-0.4, -0.2) is 56.3 Å². The van der Waals surface area contributed by atoms with Crippen molar-refractivity contribution in [1.82, 2.24) is 10.2 Å². The zero-order valence-corrected chi connectivity index (χ0v) is 20.0. The first-order chi connectivity index (χ1) is 16.0. The van der Waals surface area contributed by atoms with Crippen molar-refractivity contribution in [3.8, 4) is 17.2 Å². The van der Waals surface area contributed by atoms with E-state index in [0.29, 0.717) is 29.0 Å². The summed E-state index contributed by atoms with van der Waals surface area (Å²) in [6, 6.07) is 11.3. The molecule has 1 amide bonds. The van der Waals surface area contributed by atoms with Gasteiger partial charge in [0.1, 0.15) is 19.0 Å². The van der Waals surface area contributed by atoms with Crippen LogP contribution in [0.3, 0.4) is 0 Å². The van der Waals surface area contributed by atoms with Crippen LogP contribution in [0.5, 0.6) is 17.2 Å². The molecule has 3 aliphatic rings. The van der Waals surface area contributed by atoms with Gasteiger partial charge in [0.25, 0.3) is 5.91 Å². The van der Waals surface area contributed by atoms with Gasteiger partial charge in [-0.25, -0.2) is 0 Å². The monoisotopic (exact) mass is 490 g/mol. The summed E-state index contributed by atoms with van der Waals surface area (Å²) >= 11 is 12.0. The largest absolute Gasteiger partial charge is 0.486 e. The van der Waals surface area contributed by atoms with Gasteiger partial charge in [-0.3, -0.25) is 4.79 Å². The van der Waals surface area contributed by atoms with Gasteiger partial charge < -0.3 is 24.4 Å². The summed E-state index contributed by atoms with van der Waals surface area (Å²) in [6.45, 7) is 4.35. The van der Waals surface area contributed by atoms with Gasteiger partial charge in [-0.15, -0.1) is 0 Å². The number of nitrogens with zero attached hydrogens (tertiary/aromatic N) is 1. The summed E-state index contributed by atoms with van der Waals surface area (Å²) in [6.07, 6.45) is 4.33. The second kappa shape index (κ2) is 9.61. The lowest BCUT2D eigenvalue weighted by molar-refractivity contribution is -0.123. The molecule has 0 radical (unpaired) electrons. The minimum atomic E-state index is -0.128. The van der Waals surface area contributed by atoms with Gasteiger partial charge in [-0.2, -0.15) is 0 Å². The number of rotatable bonds is 8. The number of halogens is 2. The Morgan fingerprint density at radius 1 is 1.06 bits per heavy atom. The Kier molecular flexibility index (Phi) is 6.59. The van der Waals surface area contributed by atoms with Gasteiger partial charge >= 0.3 is 0 Å². The molecule has 0 aromatic heterocycles. The van der Waals surface area contributed by atoms with E-state index < -0.39 is 0 Å². The van der Waals surface area contributed by atoms with Crippen molar-refractivity contribution in [2.24, 2.45) is 5.41 Å². The molecule has 2 aliphatic heterocycles. The Balaban J connectivity index is 1.23. The fourth-order valence-electron chi connectivity index (χ4n) is 4.92. The number of carbonyl (C=O) groups excluding carboxylic acids is 1. The summed E-state index contributed by atoms with van der Waals surface area (Å²) in [5, 5.41) is 4.05. The lowest BCUT2D eigenvalue weighted by Crippen LogP contribution is -2.38. The third-order valence-electron chi connectivity index (χ3n) is 6.69. The molecule has 2 heterocycles. The maximum atomic E-state index is 12.6. The number of nitrogens with one attached hydrogen (secondary N) is 1. The lowest BCUT2D eigenvalue weighted by Gasteiger charge is -2.26. The van der Waals surface area contributed by atoms with Gasteiger partial charge in [0, 0.05) is 24.1 Å². The van der Waals surface area contributed by atoms with Crippen molar-refractivity contribution in [2.45, 2.75) is 31.7 Å². The third-order valence-corrected chi connectivity index (χ3v) is 7.42. The Morgan fingerprint density at radius 3 is 2.64 bits per heavy atom. The predicted octanol–water partition coefficient (Wildman–Crippen LogP) is 4.36. The highest BCUT2D eigenvalue weighted by Gasteiger charge is 2.55. The van der Waals surface area contributed by atoms with Gasteiger partial charge in [0.15, 0.2) is 18.1 Å². The molecule has 6 nitrogen and oxygen atoms in total. The molecule has 0 spiro atoms. The molecule has 0 bridgehead atoms. The number of fused-ring (bicyclic) bond motifs is 1. The minimum absolute atomic E-state index is 0.0212. The number of hydrogen-bond acceptors (Lipinski definition) is 5. The first kappa shape index (κ1) is 22.6. The molecule has 1 N–H and O–H groups in total. The van der Waals surface area contributed by atoms with Crippen molar-refractivity contribution in [3.05, 3.63) is 52.0 Å². The first-order valence-corrected chi connectivity index (χ1v) is 12.2. The highest BCUT2D eigenvalue weighted by atomic mass is 35.5. The molecule has 0 unspecified atom stereocenters. The predicted molar refractivity (Wildman–Crippen MR) is 128 cm³/mol. The van der Waals surface area contributed by atoms with Crippen LogP contribution >= 0.6 is 23.2 Å². The van der Waals surface area contributed by atoms with Gasteiger partial charge in [0.05, 0.1) is 10.0 Å². The van der Waals surface area contributed by atoms with Gasteiger partial charge in [-0.05, 0) is 68.6 Å². The molecule has 1 saturated heterocycles. The Hall–Kier alpha value is -2.15. The summed E-state index contributed by atoms with van der Waals surface area (Å²) in [7, 11) is 0. The van der Waals surface area contributed by atoms with E-state index >= 15 is 0 Å². The van der Waals surface area contributed by atoms with E-state index in [4.69, 9.17) is 37.4 Å². The van der Waals surface area contributed by atoms with Crippen LogP contribution in [0, 0.1) is 5.41 Å². The molecule has 8 heteroatoms. The quantitative estimate of drug-likeness (QED) is 0.595. The van der Waals surface area contributed by atoms with Crippen LogP contribution < -0.4 is 19.5 Å². The smallest absolute Gasteiger partial charge is 0.258 e. The summed E-state index contributed by atoms with van der Waals surface area (Å²) in [4.78, 5) is 15.2. The van der Waals surface area contributed by atoms with Gasteiger partial charge in [-0.1, -0.05) is 29.3 Å². The fourth-order valence-corrected chi connectivity index (χ4v) is 5.21. The summed E-state index contributed by atoms with van der Waals surface area (Å²) in [5.41, 5.74) is 1.23. The second-order valence-corrected chi connectivity index (χ2v) is 10.0. The van der Waals surface area contributed by atoms with E-state index in [1.165, 1.54) is 18.4 Å². The fraction of sp³-hybridized carbons (Fsp3) is 0.480. The van der Waals surface area contributed by atoms with Gasteiger partial charge in [0.2, 0.25) is 0 Å².